The Balaban J connectivity index is 2.19. The van der Waals surface area contributed by atoms with E-state index in [9.17, 15) is 0 Å². The van der Waals surface area contributed by atoms with Gasteiger partial charge < -0.3 is 14.6 Å². The summed E-state index contributed by atoms with van der Waals surface area (Å²) in [5.41, 5.74) is 0.759. The van der Waals surface area contributed by atoms with E-state index in [4.69, 9.17) is 26.2 Å². The van der Waals surface area contributed by atoms with Gasteiger partial charge in [0.1, 0.15) is 6.61 Å². The standard InChI is InChI=1S/C13H12BrClO3S/c1-17-11-5-8(6-16)4-10(14)13(11)18-7-9-2-3-12(15)19-9/h2-5,16H,6-7H2,1H3. The molecule has 0 amide bonds. The van der Waals surface area contributed by atoms with Crippen molar-refractivity contribution in [3.8, 4) is 11.5 Å². The van der Waals surface area contributed by atoms with Crippen LogP contribution in [-0.2, 0) is 13.2 Å². The van der Waals surface area contributed by atoms with Crippen molar-refractivity contribution < 1.29 is 14.6 Å². The number of thiophene rings is 1. The van der Waals surface area contributed by atoms with Crippen molar-refractivity contribution in [2.24, 2.45) is 0 Å². The third kappa shape index (κ3) is 3.63. The molecule has 0 unspecified atom stereocenters. The molecule has 6 heteroatoms. The molecule has 19 heavy (non-hydrogen) atoms. The summed E-state index contributed by atoms with van der Waals surface area (Å²) in [6.45, 7) is 0.376. The highest BCUT2D eigenvalue weighted by atomic mass is 79.9. The molecule has 0 aliphatic rings. The first-order valence-electron chi connectivity index (χ1n) is 5.48. The maximum atomic E-state index is 9.15. The summed E-state index contributed by atoms with van der Waals surface area (Å²) < 4.78 is 12.5. The molecule has 102 valence electrons. The van der Waals surface area contributed by atoms with E-state index in [-0.39, 0.29) is 6.61 Å². The molecule has 1 heterocycles. The highest BCUT2D eigenvalue weighted by Gasteiger charge is 2.12. The fourth-order valence-corrected chi connectivity index (χ4v) is 3.18. The first-order chi connectivity index (χ1) is 9.13. The van der Waals surface area contributed by atoms with Crippen molar-refractivity contribution in [2.75, 3.05) is 7.11 Å². The first kappa shape index (κ1) is 14.7. The van der Waals surface area contributed by atoms with Crippen LogP contribution in [0.2, 0.25) is 4.34 Å². The Labute approximate surface area is 128 Å². The van der Waals surface area contributed by atoms with Crippen molar-refractivity contribution in [1.29, 1.82) is 0 Å². The summed E-state index contributed by atoms with van der Waals surface area (Å²) in [5.74, 6) is 1.20. The van der Waals surface area contributed by atoms with Gasteiger partial charge in [0.15, 0.2) is 11.5 Å². The Kier molecular flexibility index (Phi) is 5.10. The Morgan fingerprint density at radius 2 is 2.16 bits per heavy atom. The smallest absolute Gasteiger partial charge is 0.175 e. The number of hydrogen-bond donors (Lipinski definition) is 1. The van der Waals surface area contributed by atoms with Crippen LogP contribution in [0.4, 0.5) is 0 Å². The van der Waals surface area contributed by atoms with E-state index in [1.165, 1.54) is 11.3 Å². The highest BCUT2D eigenvalue weighted by Crippen LogP contribution is 2.37. The maximum Gasteiger partial charge on any atom is 0.175 e. The fraction of sp³-hybridized carbons (Fsp3) is 0.231. The number of ether oxygens (including phenoxy) is 2. The lowest BCUT2D eigenvalue weighted by molar-refractivity contribution is 0.274. The fourth-order valence-electron chi connectivity index (χ4n) is 1.58. The molecule has 0 saturated carbocycles. The quantitative estimate of drug-likeness (QED) is 0.863. The van der Waals surface area contributed by atoms with E-state index >= 15 is 0 Å². The predicted octanol–water partition coefficient (Wildman–Crippen LogP) is 4.24. The molecule has 0 radical (unpaired) electrons. The minimum Gasteiger partial charge on any atom is -0.493 e. The van der Waals surface area contributed by atoms with Gasteiger partial charge in [-0.2, -0.15) is 0 Å². The van der Waals surface area contributed by atoms with Gasteiger partial charge in [-0.3, -0.25) is 0 Å². The summed E-state index contributed by atoms with van der Waals surface area (Å²) in [7, 11) is 1.57. The van der Waals surface area contributed by atoms with Crippen LogP contribution in [0.5, 0.6) is 11.5 Å². The summed E-state index contributed by atoms with van der Waals surface area (Å²) in [4.78, 5) is 1.03. The van der Waals surface area contributed by atoms with Gasteiger partial charge in [0.05, 0.1) is 22.5 Å². The van der Waals surface area contributed by atoms with E-state index in [2.05, 4.69) is 15.9 Å². The Morgan fingerprint density at radius 3 is 2.74 bits per heavy atom. The average molecular weight is 364 g/mol. The molecule has 2 aromatic rings. The minimum absolute atomic E-state index is 0.0459. The molecule has 1 aromatic carbocycles. The molecule has 1 N–H and O–H groups in total. The predicted molar refractivity (Wildman–Crippen MR) is 80.3 cm³/mol. The summed E-state index contributed by atoms with van der Waals surface area (Å²) >= 11 is 10.8. The van der Waals surface area contributed by atoms with E-state index in [0.717, 1.165) is 19.2 Å². The monoisotopic (exact) mass is 362 g/mol. The minimum atomic E-state index is -0.0459. The van der Waals surface area contributed by atoms with Crippen LogP contribution in [0.3, 0.4) is 0 Å². The molecule has 0 bridgehead atoms. The second-order valence-corrected chi connectivity index (χ2v) is 6.42. The van der Waals surface area contributed by atoms with Gasteiger partial charge in [0.25, 0.3) is 0 Å². The Bertz CT molecular complexity index is 571. The number of rotatable bonds is 5. The summed E-state index contributed by atoms with van der Waals surface area (Å²) in [5, 5.41) is 9.15. The topological polar surface area (TPSA) is 38.7 Å². The molecular weight excluding hydrogens is 352 g/mol. The number of aliphatic hydroxyl groups is 1. The van der Waals surface area contributed by atoms with Gasteiger partial charge in [0.2, 0.25) is 0 Å². The van der Waals surface area contributed by atoms with Crippen molar-refractivity contribution in [3.63, 3.8) is 0 Å². The van der Waals surface area contributed by atoms with Crippen molar-refractivity contribution >= 4 is 38.9 Å². The number of halogens is 2. The largest absolute Gasteiger partial charge is 0.493 e. The second kappa shape index (κ2) is 6.61. The maximum absolute atomic E-state index is 9.15. The van der Waals surface area contributed by atoms with E-state index in [1.807, 2.05) is 12.1 Å². The first-order valence-corrected chi connectivity index (χ1v) is 7.47. The van der Waals surface area contributed by atoms with Gasteiger partial charge >= 0.3 is 0 Å². The number of hydrogen-bond acceptors (Lipinski definition) is 4. The molecule has 0 fully saturated rings. The van der Waals surface area contributed by atoms with E-state index < -0.39 is 0 Å². The van der Waals surface area contributed by atoms with Crippen LogP contribution >= 0.6 is 38.9 Å². The number of benzene rings is 1. The van der Waals surface area contributed by atoms with Crippen molar-refractivity contribution in [2.45, 2.75) is 13.2 Å². The van der Waals surface area contributed by atoms with Crippen LogP contribution in [0.15, 0.2) is 28.7 Å². The van der Waals surface area contributed by atoms with Crippen LogP contribution in [-0.4, -0.2) is 12.2 Å². The summed E-state index contributed by atoms with van der Waals surface area (Å²) in [6.07, 6.45) is 0. The SMILES string of the molecule is COc1cc(CO)cc(Br)c1OCc1ccc(Cl)s1. The van der Waals surface area contributed by atoms with E-state index in [0.29, 0.717) is 18.1 Å². The zero-order valence-corrected chi connectivity index (χ0v) is 13.3. The van der Waals surface area contributed by atoms with Crippen molar-refractivity contribution in [3.05, 3.63) is 43.5 Å². The van der Waals surface area contributed by atoms with Crippen LogP contribution in [0, 0.1) is 0 Å². The number of aliphatic hydroxyl groups excluding tert-OH is 1. The molecular formula is C13H12BrClO3S. The molecule has 0 atom stereocenters. The average Bonchev–Trinajstić information content (AvgIpc) is 2.82. The van der Waals surface area contributed by atoms with Crippen molar-refractivity contribution in [1.82, 2.24) is 0 Å². The Morgan fingerprint density at radius 1 is 1.37 bits per heavy atom. The van der Waals surface area contributed by atoms with Gasteiger partial charge in [-0.1, -0.05) is 11.6 Å². The Hall–Kier alpha value is -0.750. The molecule has 2 rings (SSSR count). The molecule has 0 spiro atoms. The number of methoxy groups -OCH3 is 1. The van der Waals surface area contributed by atoms with Gasteiger partial charge in [-0.05, 0) is 45.8 Å². The molecule has 1 aromatic heterocycles. The molecule has 0 aliphatic heterocycles. The third-order valence-corrected chi connectivity index (χ3v) is 4.25. The summed E-state index contributed by atoms with van der Waals surface area (Å²) in [6, 6.07) is 7.32. The van der Waals surface area contributed by atoms with Crippen LogP contribution in [0.25, 0.3) is 0 Å². The highest BCUT2D eigenvalue weighted by molar-refractivity contribution is 9.10. The normalized spacial score (nSPS) is 10.5. The second-order valence-electron chi connectivity index (χ2n) is 3.76. The molecule has 0 aliphatic carbocycles. The van der Waals surface area contributed by atoms with E-state index in [1.54, 1.807) is 19.2 Å². The lowest BCUT2D eigenvalue weighted by Crippen LogP contribution is -1.98. The zero-order valence-electron chi connectivity index (χ0n) is 10.2. The third-order valence-electron chi connectivity index (χ3n) is 2.46. The van der Waals surface area contributed by atoms with Gasteiger partial charge in [0, 0.05) is 4.88 Å². The lowest BCUT2D eigenvalue weighted by atomic mass is 10.2. The molecule has 3 nitrogen and oxygen atoms in total. The van der Waals surface area contributed by atoms with Gasteiger partial charge in [-0.25, -0.2) is 0 Å². The molecule has 0 saturated heterocycles. The lowest BCUT2D eigenvalue weighted by Gasteiger charge is -2.13. The van der Waals surface area contributed by atoms with Crippen LogP contribution in [0.1, 0.15) is 10.4 Å². The zero-order chi connectivity index (χ0) is 13.8. The van der Waals surface area contributed by atoms with Crippen LogP contribution < -0.4 is 9.47 Å². The van der Waals surface area contributed by atoms with Gasteiger partial charge in [-0.15, -0.1) is 11.3 Å².